The molecule has 2 aromatic heterocycles. The van der Waals surface area contributed by atoms with Gasteiger partial charge in [0, 0.05) is 17.7 Å². The largest absolute Gasteiger partial charge is 0.491 e. The van der Waals surface area contributed by atoms with Gasteiger partial charge in [-0.15, -0.1) is 0 Å². The van der Waals surface area contributed by atoms with Gasteiger partial charge in [0.1, 0.15) is 6.61 Å². The van der Waals surface area contributed by atoms with Crippen LogP contribution >= 0.6 is 0 Å². The Kier molecular flexibility index (Phi) is 6.20. The number of hydrogen-bond donors (Lipinski definition) is 1. The highest BCUT2D eigenvalue weighted by molar-refractivity contribution is 7.84. The van der Waals surface area contributed by atoms with Crippen molar-refractivity contribution in [2.75, 3.05) is 7.11 Å². The molecule has 8 nitrogen and oxygen atoms in total. The quantitative estimate of drug-likeness (QED) is 0.374. The summed E-state index contributed by atoms with van der Waals surface area (Å²) in [6.07, 6.45) is -5.57. The average molecular weight is 520 g/mol. The topological polar surface area (TPSA) is 95.6 Å². The van der Waals surface area contributed by atoms with Gasteiger partial charge >= 0.3 is 12.5 Å². The molecular weight excluding hydrogens is 499 g/mol. The van der Waals surface area contributed by atoms with Crippen molar-refractivity contribution in [3.63, 3.8) is 0 Å². The van der Waals surface area contributed by atoms with E-state index in [-0.39, 0.29) is 33.4 Å². The summed E-state index contributed by atoms with van der Waals surface area (Å²) in [6.45, 7) is 2.10. The van der Waals surface area contributed by atoms with E-state index in [1.807, 2.05) is 30.3 Å². The summed E-state index contributed by atoms with van der Waals surface area (Å²) in [5, 5.41) is 0.0830. The molecule has 3 heterocycles. The third kappa shape index (κ3) is 4.55. The molecule has 12 heteroatoms. The van der Waals surface area contributed by atoms with Gasteiger partial charge in [0.15, 0.2) is 28.2 Å². The summed E-state index contributed by atoms with van der Waals surface area (Å²) in [4.78, 5) is 11.5. The number of alkyl halides is 3. The summed E-state index contributed by atoms with van der Waals surface area (Å²) < 4.78 is 74.0. The van der Waals surface area contributed by atoms with Crippen LogP contribution < -0.4 is 18.9 Å². The predicted molar refractivity (Wildman–Crippen MR) is 124 cm³/mol. The van der Waals surface area contributed by atoms with Gasteiger partial charge in [0.05, 0.1) is 46.6 Å². The van der Waals surface area contributed by atoms with Crippen LogP contribution in [-0.4, -0.2) is 38.7 Å². The van der Waals surface area contributed by atoms with Crippen molar-refractivity contribution in [1.29, 1.82) is 0 Å². The molecule has 36 heavy (non-hydrogen) atoms. The minimum Gasteiger partial charge on any atom is -0.491 e. The standard InChI is InChI=1S/C24H20F3N3O5S/c1-13-17(28-10-20(32-2)21(13)33-11-14-6-4-3-5-7-14)12-36(31)23-29-15-8-18-19(9-16(15)30-23)35-24(26,27)22(25)34-18/h3-10,22H,11-12H2,1-2H3,(H,29,30). The molecular formula is C24H20F3N3O5S. The zero-order chi connectivity index (χ0) is 25.4. The molecule has 0 fully saturated rings. The van der Waals surface area contributed by atoms with Crippen LogP contribution in [0.15, 0.2) is 53.8 Å². The number of pyridine rings is 1. The highest BCUT2D eigenvalue weighted by Crippen LogP contribution is 2.42. The average Bonchev–Trinajstić information content (AvgIpc) is 3.27. The Balaban J connectivity index is 1.38. The fraction of sp³-hybridized carbons (Fsp3) is 0.250. The van der Waals surface area contributed by atoms with Crippen LogP contribution in [0.1, 0.15) is 16.8 Å². The molecule has 0 saturated heterocycles. The summed E-state index contributed by atoms with van der Waals surface area (Å²) in [5.74, 6) is 0.342. The number of benzene rings is 2. The fourth-order valence-electron chi connectivity index (χ4n) is 3.65. The number of fused-ring (bicyclic) bond motifs is 2. The Morgan fingerprint density at radius 2 is 1.97 bits per heavy atom. The van der Waals surface area contributed by atoms with Crippen LogP contribution in [0.2, 0.25) is 0 Å². The number of aromatic nitrogens is 3. The molecule has 4 aromatic rings. The summed E-state index contributed by atoms with van der Waals surface area (Å²) >= 11 is 0. The third-order valence-corrected chi connectivity index (χ3v) is 6.69. The number of hydrogen-bond acceptors (Lipinski definition) is 7. The van der Waals surface area contributed by atoms with Gasteiger partial charge in [0.2, 0.25) is 0 Å². The molecule has 0 aliphatic carbocycles. The molecule has 1 N–H and O–H groups in total. The van der Waals surface area contributed by atoms with Gasteiger partial charge in [-0.05, 0) is 12.5 Å². The molecule has 1 aliphatic rings. The Labute approximate surface area is 205 Å². The first-order chi connectivity index (χ1) is 17.2. The van der Waals surface area contributed by atoms with Crippen LogP contribution in [0.25, 0.3) is 11.0 Å². The van der Waals surface area contributed by atoms with Crippen LogP contribution in [0.3, 0.4) is 0 Å². The number of ether oxygens (including phenoxy) is 4. The number of methoxy groups -OCH3 is 1. The minimum absolute atomic E-state index is 0.00527. The van der Waals surface area contributed by atoms with E-state index in [0.717, 1.165) is 5.56 Å². The number of H-pyrrole nitrogens is 1. The van der Waals surface area contributed by atoms with E-state index in [0.29, 0.717) is 29.4 Å². The van der Waals surface area contributed by atoms with Crippen LogP contribution in [0.4, 0.5) is 13.2 Å². The normalized spacial score (nSPS) is 17.1. The Hall–Kier alpha value is -3.80. The molecule has 2 unspecified atom stereocenters. The highest BCUT2D eigenvalue weighted by Gasteiger charge is 2.49. The lowest BCUT2D eigenvalue weighted by Crippen LogP contribution is -2.43. The Morgan fingerprint density at radius 1 is 1.19 bits per heavy atom. The maximum atomic E-state index is 13.5. The molecule has 0 bridgehead atoms. The van der Waals surface area contributed by atoms with Crippen LogP contribution in [0, 0.1) is 6.92 Å². The monoisotopic (exact) mass is 519 g/mol. The summed E-state index contributed by atoms with van der Waals surface area (Å²) in [7, 11) is -0.181. The molecule has 5 rings (SSSR count). The van der Waals surface area contributed by atoms with E-state index >= 15 is 0 Å². The van der Waals surface area contributed by atoms with Gasteiger partial charge < -0.3 is 23.9 Å². The van der Waals surface area contributed by atoms with E-state index in [4.69, 9.17) is 9.47 Å². The van der Waals surface area contributed by atoms with Gasteiger partial charge in [-0.2, -0.15) is 13.2 Å². The van der Waals surface area contributed by atoms with Gasteiger partial charge in [-0.25, -0.2) is 4.98 Å². The minimum atomic E-state index is -4.12. The lowest BCUT2D eigenvalue weighted by atomic mass is 10.2. The zero-order valence-corrected chi connectivity index (χ0v) is 19.9. The maximum Gasteiger partial charge on any atom is 0.468 e. The van der Waals surface area contributed by atoms with Crippen molar-refractivity contribution in [3.05, 3.63) is 65.5 Å². The SMILES string of the molecule is COc1cnc(CS(=O)c2nc3cc4c(cc3[nH]2)OC(F)(F)C(F)O4)c(C)c1OCc1ccccc1. The van der Waals surface area contributed by atoms with Crippen LogP contribution in [-0.2, 0) is 23.2 Å². The molecule has 2 aromatic carbocycles. The van der Waals surface area contributed by atoms with E-state index < -0.39 is 23.3 Å². The van der Waals surface area contributed by atoms with E-state index in [1.165, 1.54) is 25.4 Å². The van der Waals surface area contributed by atoms with E-state index in [9.17, 15) is 17.4 Å². The maximum absolute atomic E-state index is 13.5. The third-order valence-electron chi connectivity index (χ3n) is 5.53. The molecule has 2 atom stereocenters. The van der Waals surface area contributed by atoms with Gasteiger partial charge in [-0.1, -0.05) is 30.3 Å². The van der Waals surface area contributed by atoms with Gasteiger partial charge in [-0.3, -0.25) is 9.19 Å². The zero-order valence-electron chi connectivity index (χ0n) is 19.1. The molecule has 0 amide bonds. The lowest BCUT2D eigenvalue weighted by Gasteiger charge is -2.28. The fourth-order valence-corrected chi connectivity index (χ4v) is 4.75. The van der Waals surface area contributed by atoms with Crippen molar-refractivity contribution >= 4 is 21.8 Å². The first kappa shape index (κ1) is 23.9. The second-order valence-corrected chi connectivity index (χ2v) is 9.31. The number of aromatic amines is 1. The first-order valence-electron chi connectivity index (χ1n) is 10.7. The lowest BCUT2D eigenvalue weighted by molar-refractivity contribution is -0.281. The molecule has 1 aliphatic heterocycles. The van der Waals surface area contributed by atoms with Crippen LogP contribution in [0.5, 0.6) is 23.0 Å². The summed E-state index contributed by atoms with van der Waals surface area (Å²) in [6, 6.07) is 12.0. The Bertz CT molecular complexity index is 1450. The van der Waals surface area contributed by atoms with Crippen molar-refractivity contribution in [2.24, 2.45) is 0 Å². The molecule has 0 radical (unpaired) electrons. The smallest absolute Gasteiger partial charge is 0.468 e. The second-order valence-electron chi connectivity index (χ2n) is 7.95. The number of rotatable bonds is 7. The highest BCUT2D eigenvalue weighted by atomic mass is 32.2. The number of nitrogens with zero attached hydrogens (tertiary/aromatic N) is 2. The number of imidazole rings is 1. The van der Waals surface area contributed by atoms with E-state index in [1.54, 1.807) is 6.92 Å². The van der Waals surface area contributed by atoms with Gasteiger partial charge in [0.25, 0.3) is 0 Å². The number of nitrogens with one attached hydrogen (secondary N) is 1. The van der Waals surface area contributed by atoms with Crippen molar-refractivity contribution < 1.29 is 36.3 Å². The first-order valence-corrected chi connectivity index (χ1v) is 12.1. The second kappa shape index (κ2) is 9.34. The Morgan fingerprint density at radius 3 is 2.72 bits per heavy atom. The molecule has 0 spiro atoms. The van der Waals surface area contributed by atoms with Crippen molar-refractivity contribution in [2.45, 2.75) is 36.9 Å². The number of halogens is 3. The van der Waals surface area contributed by atoms with E-state index in [2.05, 4.69) is 24.4 Å². The van der Waals surface area contributed by atoms with Crippen molar-refractivity contribution in [3.8, 4) is 23.0 Å². The molecule has 188 valence electrons. The summed E-state index contributed by atoms with van der Waals surface area (Å²) in [5.41, 5.74) is 2.66. The predicted octanol–water partition coefficient (Wildman–Crippen LogP) is 4.82. The molecule has 0 saturated carbocycles. The van der Waals surface area contributed by atoms with Crippen molar-refractivity contribution in [1.82, 2.24) is 15.0 Å².